The molecule has 0 aliphatic carbocycles. The zero-order valence-corrected chi connectivity index (χ0v) is 12.6. The maximum atomic E-state index is 5.90. The van der Waals surface area contributed by atoms with E-state index in [2.05, 4.69) is 32.8 Å². The Kier molecular flexibility index (Phi) is 3.59. The van der Waals surface area contributed by atoms with Gasteiger partial charge < -0.3 is 5.73 Å². The van der Waals surface area contributed by atoms with Crippen LogP contribution in [0.1, 0.15) is 36.8 Å². The first-order chi connectivity index (χ1) is 10.1. The van der Waals surface area contributed by atoms with E-state index in [1.54, 1.807) is 6.20 Å². The molecule has 0 bridgehead atoms. The molecule has 2 N–H and O–H groups in total. The number of anilines is 1. The second-order valence-corrected chi connectivity index (χ2v) is 5.92. The van der Waals surface area contributed by atoms with Gasteiger partial charge in [0.2, 0.25) is 0 Å². The van der Waals surface area contributed by atoms with Crippen molar-refractivity contribution in [2.45, 2.75) is 38.8 Å². The van der Waals surface area contributed by atoms with Crippen LogP contribution >= 0.6 is 0 Å². The van der Waals surface area contributed by atoms with E-state index in [0.29, 0.717) is 5.82 Å². The molecule has 2 aromatic heterocycles. The first-order valence-electron chi connectivity index (χ1n) is 7.33. The molecular weight excluding hydrogens is 262 g/mol. The van der Waals surface area contributed by atoms with Crippen molar-refractivity contribution in [2.24, 2.45) is 0 Å². The first-order valence-corrected chi connectivity index (χ1v) is 7.33. The molecule has 2 aromatic rings. The van der Waals surface area contributed by atoms with Crippen LogP contribution in [0.25, 0.3) is 0 Å². The smallest absolute Gasteiger partial charge is 0.150 e. The lowest BCUT2D eigenvalue weighted by molar-refractivity contribution is 0.137. The van der Waals surface area contributed by atoms with E-state index in [0.717, 1.165) is 37.4 Å². The van der Waals surface area contributed by atoms with Crippen molar-refractivity contribution in [1.29, 1.82) is 0 Å². The highest BCUT2D eigenvalue weighted by Crippen LogP contribution is 2.37. The summed E-state index contributed by atoms with van der Waals surface area (Å²) in [6, 6.07) is 5.90. The number of likely N-dealkylation sites (tertiary alicyclic amines) is 1. The van der Waals surface area contributed by atoms with Crippen LogP contribution in [-0.2, 0) is 12.1 Å². The Balaban J connectivity index is 1.91. The van der Waals surface area contributed by atoms with Crippen molar-refractivity contribution in [3.63, 3.8) is 0 Å². The molecule has 1 atom stereocenters. The average molecular weight is 283 g/mol. The van der Waals surface area contributed by atoms with Crippen LogP contribution in [0, 0.1) is 6.92 Å². The van der Waals surface area contributed by atoms with Gasteiger partial charge in [-0.1, -0.05) is 6.07 Å². The Bertz CT molecular complexity index is 608. The minimum absolute atomic E-state index is 0.157. The molecule has 3 rings (SSSR count). The summed E-state index contributed by atoms with van der Waals surface area (Å²) in [6.45, 7) is 6.08. The van der Waals surface area contributed by atoms with Gasteiger partial charge in [0.05, 0.1) is 5.54 Å². The fraction of sp³-hybridized carbons (Fsp3) is 0.438. The number of nitrogens with zero attached hydrogens (tertiary/aromatic N) is 4. The standard InChI is InChI=1S/C16H21N5/c1-12-9-14(17)20-15(19-12)16(2)6-4-8-21(16)11-13-5-3-7-18-10-13/h3,5,7,9-10H,4,6,8,11H2,1-2H3,(H2,17,19,20)/t16-/m1/s1. The predicted molar refractivity (Wildman–Crippen MR) is 82.4 cm³/mol. The van der Waals surface area contributed by atoms with E-state index in [4.69, 9.17) is 5.73 Å². The molecule has 0 radical (unpaired) electrons. The van der Waals surface area contributed by atoms with Crippen LogP contribution in [0.5, 0.6) is 0 Å². The summed E-state index contributed by atoms with van der Waals surface area (Å²) in [7, 11) is 0. The zero-order chi connectivity index (χ0) is 14.9. The molecule has 0 aromatic carbocycles. The van der Waals surface area contributed by atoms with Gasteiger partial charge >= 0.3 is 0 Å². The third-order valence-corrected chi connectivity index (χ3v) is 4.24. The molecule has 1 aliphatic heterocycles. The number of aromatic nitrogens is 3. The summed E-state index contributed by atoms with van der Waals surface area (Å²) in [5, 5.41) is 0. The van der Waals surface area contributed by atoms with Gasteiger partial charge in [-0.2, -0.15) is 0 Å². The lowest BCUT2D eigenvalue weighted by Gasteiger charge is -2.34. The van der Waals surface area contributed by atoms with E-state index in [9.17, 15) is 0 Å². The number of aryl methyl sites for hydroxylation is 1. The van der Waals surface area contributed by atoms with Crippen LogP contribution in [-0.4, -0.2) is 26.4 Å². The average Bonchev–Trinajstić information content (AvgIpc) is 2.82. The van der Waals surface area contributed by atoms with E-state index in [1.165, 1.54) is 5.56 Å². The second-order valence-electron chi connectivity index (χ2n) is 5.92. The van der Waals surface area contributed by atoms with E-state index >= 15 is 0 Å². The summed E-state index contributed by atoms with van der Waals surface area (Å²) in [5.41, 5.74) is 7.88. The maximum Gasteiger partial charge on any atom is 0.150 e. The van der Waals surface area contributed by atoms with Crippen molar-refractivity contribution in [1.82, 2.24) is 19.9 Å². The normalized spacial score (nSPS) is 22.6. The molecule has 5 heteroatoms. The monoisotopic (exact) mass is 283 g/mol. The van der Waals surface area contributed by atoms with Crippen molar-refractivity contribution in [3.8, 4) is 0 Å². The number of hydrogen-bond donors (Lipinski definition) is 1. The highest BCUT2D eigenvalue weighted by atomic mass is 15.2. The molecule has 3 heterocycles. The summed E-state index contributed by atoms with van der Waals surface area (Å²) < 4.78 is 0. The number of nitrogen functional groups attached to an aromatic ring is 1. The van der Waals surface area contributed by atoms with Crippen LogP contribution in [0.3, 0.4) is 0 Å². The summed E-state index contributed by atoms with van der Waals surface area (Å²) in [6.07, 6.45) is 5.92. The van der Waals surface area contributed by atoms with Gasteiger partial charge in [-0.05, 0) is 44.9 Å². The SMILES string of the molecule is Cc1cc(N)nc([C@@]2(C)CCCN2Cc2cccnc2)n1. The Hall–Kier alpha value is -2.01. The Labute approximate surface area is 125 Å². The van der Waals surface area contributed by atoms with Crippen molar-refractivity contribution < 1.29 is 0 Å². The molecule has 0 amide bonds. The molecule has 0 saturated carbocycles. The molecule has 1 aliphatic rings. The maximum absolute atomic E-state index is 5.90. The highest BCUT2D eigenvalue weighted by molar-refractivity contribution is 5.31. The fourth-order valence-electron chi connectivity index (χ4n) is 3.07. The molecule has 1 fully saturated rings. The Morgan fingerprint density at radius 2 is 2.24 bits per heavy atom. The van der Waals surface area contributed by atoms with E-state index in [1.807, 2.05) is 25.3 Å². The number of rotatable bonds is 3. The Morgan fingerprint density at radius 3 is 2.95 bits per heavy atom. The number of nitrogens with two attached hydrogens (primary N) is 1. The van der Waals surface area contributed by atoms with Crippen LogP contribution < -0.4 is 5.73 Å². The van der Waals surface area contributed by atoms with Crippen LogP contribution in [0.4, 0.5) is 5.82 Å². The number of hydrogen-bond acceptors (Lipinski definition) is 5. The lowest BCUT2D eigenvalue weighted by Crippen LogP contribution is -2.39. The molecular formula is C16H21N5. The van der Waals surface area contributed by atoms with Gasteiger partial charge in [-0.15, -0.1) is 0 Å². The van der Waals surface area contributed by atoms with Gasteiger partial charge in [0.1, 0.15) is 5.82 Å². The Morgan fingerprint density at radius 1 is 1.38 bits per heavy atom. The molecule has 110 valence electrons. The lowest BCUT2D eigenvalue weighted by atomic mass is 9.97. The third kappa shape index (κ3) is 2.74. The van der Waals surface area contributed by atoms with Gasteiger partial charge in [-0.25, -0.2) is 9.97 Å². The summed E-state index contributed by atoms with van der Waals surface area (Å²) >= 11 is 0. The van der Waals surface area contributed by atoms with Gasteiger partial charge in [-0.3, -0.25) is 9.88 Å². The van der Waals surface area contributed by atoms with Crippen molar-refractivity contribution in [3.05, 3.63) is 47.7 Å². The molecule has 21 heavy (non-hydrogen) atoms. The summed E-state index contributed by atoms with van der Waals surface area (Å²) in [4.78, 5) is 15.7. The minimum atomic E-state index is -0.157. The van der Waals surface area contributed by atoms with Crippen molar-refractivity contribution >= 4 is 5.82 Å². The van der Waals surface area contributed by atoms with Gasteiger partial charge in [0.15, 0.2) is 5.82 Å². The quantitative estimate of drug-likeness (QED) is 0.936. The topological polar surface area (TPSA) is 67.9 Å². The van der Waals surface area contributed by atoms with Gasteiger partial charge in [0, 0.05) is 30.7 Å². The first kappa shape index (κ1) is 13.9. The molecule has 0 spiro atoms. The largest absolute Gasteiger partial charge is 0.384 e. The number of pyridine rings is 1. The molecule has 5 nitrogen and oxygen atoms in total. The second kappa shape index (κ2) is 5.41. The van der Waals surface area contributed by atoms with Crippen LogP contribution in [0.15, 0.2) is 30.6 Å². The van der Waals surface area contributed by atoms with Crippen LogP contribution in [0.2, 0.25) is 0 Å². The highest BCUT2D eigenvalue weighted by Gasteiger charge is 2.40. The minimum Gasteiger partial charge on any atom is -0.384 e. The van der Waals surface area contributed by atoms with Crippen molar-refractivity contribution in [2.75, 3.05) is 12.3 Å². The molecule has 1 saturated heterocycles. The zero-order valence-electron chi connectivity index (χ0n) is 12.6. The van der Waals surface area contributed by atoms with E-state index < -0.39 is 0 Å². The van der Waals surface area contributed by atoms with E-state index in [-0.39, 0.29) is 5.54 Å². The fourth-order valence-corrected chi connectivity index (χ4v) is 3.07. The summed E-state index contributed by atoms with van der Waals surface area (Å²) in [5.74, 6) is 1.38. The van der Waals surface area contributed by atoms with Gasteiger partial charge in [0.25, 0.3) is 0 Å². The predicted octanol–water partition coefficient (Wildman–Crippen LogP) is 2.27. The third-order valence-electron chi connectivity index (χ3n) is 4.24. The molecule has 0 unspecified atom stereocenters.